The van der Waals surface area contributed by atoms with Gasteiger partial charge < -0.3 is 10.4 Å². The molecule has 0 bridgehead atoms. The Morgan fingerprint density at radius 1 is 1.26 bits per heavy atom. The topological polar surface area (TPSA) is 66.4 Å². The highest BCUT2D eigenvalue weighted by Gasteiger charge is 2.04. The smallest absolute Gasteiger partial charge is 0.305 e. The maximum absolute atomic E-state index is 11.4. The standard InChI is InChI=1S/C14H19NO3S/c1-10(2)11-3-5-12(6-4-11)19-9-13(16)15-8-7-14(17)18/h3-6,10H,7-9H2,1-2H3,(H,15,16)(H,17,18). The lowest BCUT2D eigenvalue weighted by molar-refractivity contribution is -0.136. The Morgan fingerprint density at radius 3 is 2.42 bits per heavy atom. The summed E-state index contributed by atoms with van der Waals surface area (Å²) in [6.45, 7) is 4.46. The molecule has 4 nitrogen and oxygen atoms in total. The monoisotopic (exact) mass is 281 g/mol. The van der Waals surface area contributed by atoms with Crippen molar-refractivity contribution in [2.75, 3.05) is 12.3 Å². The maximum atomic E-state index is 11.4. The van der Waals surface area contributed by atoms with Crippen molar-refractivity contribution in [3.05, 3.63) is 29.8 Å². The summed E-state index contributed by atoms with van der Waals surface area (Å²) in [7, 11) is 0. The zero-order chi connectivity index (χ0) is 14.3. The highest BCUT2D eigenvalue weighted by Crippen LogP contribution is 2.21. The molecule has 1 aromatic carbocycles. The molecule has 0 aliphatic heterocycles. The number of nitrogens with one attached hydrogen (secondary N) is 1. The van der Waals surface area contributed by atoms with E-state index < -0.39 is 5.97 Å². The van der Waals surface area contributed by atoms with Gasteiger partial charge in [-0.1, -0.05) is 26.0 Å². The first-order valence-corrected chi connectivity index (χ1v) is 7.19. The fourth-order valence-corrected chi connectivity index (χ4v) is 2.19. The van der Waals surface area contributed by atoms with Crippen LogP contribution in [0.5, 0.6) is 0 Å². The lowest BCUT2D eigenvalue weighted by atomic mass is 10.0. The van der Waals surface area contributed by atoms with Crippen LogP contribution in [0.4, 0.5) is 0 Å². The minimum absolute atomic E-state index is 0.0422. The van der Waals surface area contributed by atoms with E-state index in [2.05, 4.69) is 31.3 Å². The van der Waals surface area contributed by atoms with Crippen molar-refractivity contribution in [1.29, 1.82) is 0 Å². The van der Waals surface area contributed by atoms with Gasteiger partial charge in [0.15, 0.2) is 0 Å². The average molecular weight is 281 g/mol. The SMILES string of the molecule is CC(C)c1ccc(SCC(=O)NCCC(=O)O)cc1. The third-order valence-corrected chi connectivity index (χ3v) is 3.59. The highest BCUT2D eigenvalue weighted by atomic mass is 32.2. The van der Waals surface area contributed by atoms with Crippen molar-refractivity contribution in [2.45, 2.75) is 31.1 Å². The molecule has 1 aromatic rings. The summed E-state index contributed by atoms with van der Waals surface area (Å²) in [5.74, 6) is -0.240. The largest absolute Gasteiger partial charge is 0.481 e. The summed E-state index contributed by atoms with van der Waals surface area (Å²) in [6, 6.07) is 8.14. The van der Waals surface area contributed by atoms with Gasteiger partial charge in [0.1, 0.15) is 0 Å². The Bertz CT molecular complexity index is 429. The summed E-state index contributed by atoms with van der Waals surface area (Å²) in [5.41, 5.74) is 1.27. The van der Waals surface area contributed by atoms with E-state index in [1.54, 1.807) is 0 Å². The van der Waals surface area contributed by atoms with Crippen LogP contribution >= 0.6 is 11.8 Å². The number of carboxylic acids is 1. The van der Waals surface area contributed by atoms with Crippen molar-refractivity contribution in [1.82, 2.24) is 5.32 Å². The number of aliphatic carboxylic acids is 1. The first-order valence-electron chi connectivity index (χ1n) is 6.20. The predicted molar refractivity (Wildman–Crippen MR) is 76.5 cm³/mol. The van der Waals surface area contributed by atoms with Crippen molar-refractivity contribution >= 4 is 23.6 Å². The normalized spacial score (nSPS) is 10.5. The van der Waals surface area contributed by atoms with Gasteiger partial charge in [-0.15, -0.1) is 11.8 Å². The Balaban J connectivity index is 2.31. The number of amides is 1. The molecule has 0 aliphatic rings. The van der Waals surface area contributed by atoms with Gasteiger partial charge in [0.25, 0.3) is 0 Å². The first kappa shape index (κ1) is 15.6. The number of benzene rings is 1. The molecule has 0 heterocycles. The van der Waals surface area contributed by atoms with Crippen molar-refractivity contribution in [3.63, 3.8) is 0 Å². The number of hydrogen-bond acceptors (Lipinski definition) is 3. The van der Waals surface area contributed by atoms with Gasteiger partial charge in [-0.2, -0.15) is 0 Å². The van der Waals surface area contributed by atoms with Crippen LogP contribution in [0.15, 0.2) is 29.2 Å². The second kappa shape index (κ2) is 7.84. The number of carbonyl (C=O) groups excluding carboxylic acids is 1. The van der Waals surface area contributed by atoms with E-state index >= 15 is 0 Å². The molecule has 19 heavy (non-hydrogen) atoms. The molecule has 0 aromatic heterocycles. The molecular weight excluding hydrogens is 262 g/mol. The summed E-state index contributed by atoms with van der Waals surface area (Å²) in [5, 5.41) is 11.0. The quantitative estimate of drug-likeness (QED) is 0.754. The molecule has 0 unspecified atom stereocenters. The van der Waals surface area contributed by atoms with E-state index in [0.29, 0.717) is 11.7 Å². The molecule has 104 valence electrons. The maximum Gasteiger partial charge on any atom is 0.305 e. The van der Waals surface area contributed by atoms with Crippen LogP contribution in [0.2, 0.25) is 0 Å². The molecule has 0 aliphatic carbocycles. The van der Waals surface area contributed by atoms with Crippen LogP contribution in [0.3, 0.4) is 0 Å². The van der Waals surface area contributed by atoms with Gasteiger partial charge >= 0.3 is 5.97 Å². The fourth-order valence-electron chi connectivity index (χ4n) is 1.46. The Kier molecular flexibility index (Phi) is 6.42. The molecule has 1 rings (SSSR count). The van der Waals surface area contributed by atoms with Gasteiger partial charge in [0.2, 0.25) is 5.91 Å². The van der Waals surface area contributed by atoms with Gasteiger partial charge in [-0.3, -0.25) is 9.59 Å². The van der Waals surface area contributed by atoms with Crippen molar-refractivity contribution < 1.29 is 14.7 Å². The molecular formula is C14H19NO3S. The predicted octanol–water partition coefficient (Wildman–Crippen LogP) is 2.49. The van der Waals surface area contributed by atoms with Crippen LogP contribution in [0.1, 0.15) is 31.7 Å². The van der Waals surface area contributed by atoms with E-state index in [4.69, 9.17) is 5.11 Å². The van der Waals surface area contributed by atoms with Crippen LogP contribution < -0.4 is 5.32 Å². The van der Waals surface area contributed by atoms with Gasteiger partial charge in [-0.05, 0) is 23.6 Å². The molecule has 1 amide bonds. The van der Waals surface area contributed by atoms with Crippen LogP contribution in [0.25, 0.3) is 0 Å². The number of carboxylic acid groups (broad SMARTS) is 1. The van der Waals surface area contributed by atoms with Crippen molar-refractivity contribution in [3.8, 4) is 0 Å². The Labute approximate surface area is 117 Å². The molecule has 0 spiro atoms. The number of rotatable bonds is 7. The minimum Gasteiger partial charge on any atom is -0.481 e. The lowest BCUT2D eigenvalue weighted by Crippen LogP contribution is -2.27. The van der Waals surface area contributed by atoms with Crippen molar-refractivity contribution in [2.24, 2.45) is 0 Å². The van der Waals surface area contributed by atoms with Gasteiger partial charge in [0, 0.05) is 11.4 Å². The molecule has 5 heteroatoms. The van der Waals surface area contributed by atoms with E-state index in [0.717, 1.165) is 4.90 Å². The van der Waals surface area contributed by atoms with Crippen LogP contribution in [-0.4, -0.2) is 29.3 Å². The minimum atomic E-state index is -0.905. The number of hydrogen-bond donors (Lipinski definition) is 2. The molecule has 0 fully saturated rings. The Morgan fingerprint density at radius 2 is 1.89 bits per heavy atom. The van der Waals surface area contributed by atoms with Gasteiger partial charge in [-0.25, -0.2) is 0 Å². The third kappa shape index (κ3) is 6.29. The lowest BCUT2D eigenvalue weighted by Gasteiger charge is -2.07. The number of thioether (sulfide) groups is 1. The molecule has 0 saturated carbocycles. The Hall–Kier alpha value is -1.49. The van der Waals surface area contributed by atoms with Crippen LogP contribution in [-0.2, 0) is 9.59 Å². The average Bonchev–Trinajstić information content (AvgIpc) is 2.36. The third-order valence-electron chi connectivity index (χ3n) is 2.58. The summed E-state index contributed by atoms with van der Waals surface area (Å²) in [6.07, 6.45) is -0.0422. The second-order valence-corrected chi connectivity index (χ2v) is 5.55. The molecule has 0 saturated heterocycles. The van der Waals surface area contributed by atoms with E-state index in [1.165, 1.54) is 17.3 Å². The van der Waals surface area contributed by atoms with E-state index in [1.807, 2.05) is 12.1 Å². The summed E-state index contributed by atoms with van der Waals surface area (Å²) < 4.78 is 0. The molecule has 0 radical (unpaired) electrons. The van der Waals surface area contributed by atoms with E-state index in [-0.39, 0.29) is 18.9 Å². The van der Waals surface area contributed by atoms with Crippen LogP contribution in [0, 0.1) is 0 Å². The zero-order valence-electron chi connectivity index (χ0n) is 11.2. The number of carbonyl (C=O) groups is 2. The molecule has 0 atom stereocenters. The summed E-state index contributed by atoms with van der Waals surface area (Å²) in [4.78, 5) is 22.8. The fraction of sp³-hybridized carbons (Fsp3) is 0.429. The highest BCUT2D eigenvalue weighted by molar-refractivity contribution is 8.00. The van der Waals surface area contributed by atoms with E-state index in [9.17, 15) is 9.59 Å². The molecule has 2 N–H and O–H groups in total. The zero-order valence-corrected chi connectivity index (χ0v) is 12.0. The summed E-state index contributed by atoms with van der Waals surface area (Å²) >= 11 is 1.45. The second-order valence-electron chi connectivity index (χ2n) is 4.51. The first-order chi connectivity index (χ1) is 8.99. The van der Waals surface area contributed by atoms with Gasteiger partial charge in [0.05, 0.1) is 12.2 Å².